The summed E-state index contributed by atoms with van der Waals surface area (Å²) in [5.74, 6) is -0.245. The molecule has 0 unspecified atom stereocenters. The molecule has 0 radical (unpaired) electrons. The lowest BCUT2D eigenvalue weighted by molar-refractivity contribution is -0.164. The molecule has 2 amide bonds. The second kappa shape index (κ2) is 9.02. The molecular formula is C27H29NO5. The number of rotatable bonds is 6. The van der Waals surface area contributed by atoms with E-state index < -0.39 is 18.1 Å². The van der Waals surface area contributed by atoms with Crippen LogP contribution < -0.4 is 4.90 Å². The molecule has 0 saturated carbocycles. The first kappa shape index (κ1) is 21.7. The monoisotopic (exact) mass is 447 g/mol. The standard InChI is InChI=1S/C27H29NO5/c1-3-31-21-15-20-24(27(30)28(26(20)29)18-13-9-6-10-14-18)23-19(17-11-7-5-8-12-17)16-22(32-4-2)33-25(21)23/h5-14,19-20,22-24H,3-4,15-16H2,1-2H3/t19-,20+,22+,23+,24+/m1/s1. The minimum atomic E-state index is -0.496. The average molecular weight is 448 g/mol. The van der Waals surface area contributed by atoms with Gasteiger partial charge in [-0.05, 0) is 31.5 Å². The van der Waals surface area contributed by atoms with E-state index in [1.54, 1.807) is 0 Å². The van der Waals surface area contributed by atoms with Gasteiger partial charge >= 0.3 is 0 Å². The summed E-state index contributed by atoms with van der Waals surface area (Å²) < 4.78 is 18.2. The van der Waals surface area contributed by atoms with Gasteiger partial charge in [-0.15, -0.1) is 0 Å². The fourth-order valence-corrected chi connectivity index (χ4v) is 5.61. The van der Waals surface area contributed by atoms with Gasteiger partial charge in [0.15, 0.2) is 6.29 Å². The Kier molecular flexibility index (Phi) is 5.94. The van der Waals surface area contributed by atoms with Crippen molar-refractivity contribution in [2.45, 2.75) is 38.9 Å². The Morgan fingerprint density at radius 3 is 2.24 bits per heavy atom. The SMILES string of the molecule is CCOC1=C2O[C@H](OCC)C[C@H](c3ccccc3)[C@H]2[C@H]2C(=O)N(c3ccccc3)C(=O)[C@H]2C1. The zero-order valence-electron chi connectivity index (χ0n) is 19.0. The van der Waals surface area contributed by atoms with E-state index in [4.69, 9.17) is 14.2 Å². The third-order valence-electron chi connectivity index (χ3n) is 6.90. The van der Waals surface area contributed by atoms with Crippen LogP contribution in [0.2, 0.25) is 0 Å². The zero-order valence-corrected chi connectivity index (χ0v) is 19.0. The maximum Gasteiger partial charge on any atom is 0.238 e. The van der Waals surface area contributed by atoms with Gasteiger partial charge in [-0.2, -0.15) is 0 Å². The lowest BCUT2D eigenvalue weighted by Crippen LogP contribution is -2.43. The highest BCUT2D eigenvalue weighted by Gasteiger charge is 2.59. The summed E-state index contributed by atoms with van der Waals surface area (Å²) in [6, 6.07) is 19.3. The highest BCUT2D eigenvalue weighted by atomic mass is 16.7. The van der Waals surface area contributed by atoms with Crippen molar-refractivity contribution in [1.82, 2.24) is 0 Å². The Balaban J connectivity index is 1.61. The molecule has 2 aliphatic heterocycles. The number of hydrogen-bond acceptors (Lipinski definition) is 5. The Bertz CT molecular complexity index is 1050. The first-order chi connectivity index (χ1) is 16.1. The van der Waals surface area contributed by atoms with Crippen LogP contribution >= 0.6 is 0 Å². The van der Waals surface area contributed by atoms with E-state index in [2.05, 4.69) is 12.1 Å². The van der Waals surface area contributed by atoms with Crippen LogP contribution in [-0.2, 0) is 23.8 Å². The van der Waals surface area contributed by atoms with E-state index in [1.165, 1.54) is 4.90 Å². The number of fused-ring (bicyclic) bond motifs is 3. The lowest BCUT2D eigenvalue weighted by Gasteiger charge is -2.44. The number of para-hydroxylation sites is 1. The number of carbonyl (C=O) groups excluding carboxylic acids is 2. The molecule has 0 N–H and O–H groups in total. The van der Waals surface area contributed by atoms with Crippen molar-refractivity contribution in [2.75, 3.05) is 18.1 Å². The quantitative estimate of drug-likeness (QED) is 0.605. The summed E-state index contributed by atoms with van der Waals surface area (Å²) in [4.78, 5) is 28.7. The van der Waals surface area contributed by atoms with E-state index in [0.29, 0.717) is 43.3 Å². The highest BCUT2D eigenvalue weighted by Crippen LogP contribution is 2.55. The molecular weight excluding hydrogens is 418 g/mol. The molecule has 5 atom stereocenters. The summed E-state index contributed by atoms with van der Waals surface area (Å²) in [5.41, 5.74) is 1.73. The molecule has 2 aromatic carbocycles. The van der Waals surface area contributed by atoms with Crippen LogP contribution in [0.15, 0.2) is 72.2 Å². The van der Waals surface area contributed by atoms with Gasteiger partial charge in [0, 0.05) is 31.3 Å². The van der Waals surface area contributed by atoms with Gasteiger partial charge in [0.2, 0.25) is 11.8 Å². The number of allylic oxidation sites excluding steroid dienone is 2. The molecule has 2 fully saturated rings. The third kappa shape index (κ3) is 3.72. The maximum absolute atomic E-state index is 13.8. The number of anilines is 1. The Labute approximate surface area is 194 Å². The minimum absolute atomic E-state index is 0.0257. The van der Waals surface area contributed by atoms with E-state index in [-0.39, 0.29) is 23.7 Å². The maximum atomic E-state index is 13.8. The van der Waals surface area contributed by atoms with Gasteiger partial charge in [0.25, 0.3) is 0 Å². The third-order valence-corrected chi connectivity index (χ3v) is 6.90. The van der Waals surface area contributed by atoms with Gasteiger partial charge in [-0.3, -0.25) is 14.5 Å². The van der Waals surface area contributed by atoms with Crippen molar-refractivity contribution in [3.8, 4) is 0 Å². The summed E-state index contributed by atoms with van der Waals surface area (Å²) in [6.07, 6.45) is 0.552. The molecule has 0 aromatic heterocycles. The van der Waals surface area contributed by atoms with Gasteiger partial charge in [-0.1, -0.05) is 48.5 Å². The van der Waals surface area contributed by atoms with E-state index in [0.717, 1.165) is 5.56 Å². The van der Waals surface area contributed by atoms with Gasteiger partial charge < -0.3 is 14.2 Å². The fourth-order valence-electron chi connectivity index (χ4n) is 5.61. The fraction of sp³-hybridized carbons (Fsp3) is 0.407. The number of imide groups is 1. The molecule has 1 aliphatic carbocycles. The first-order valence-corrected chi connectivity index (χ1v) is 11.8. The van der Waals surface area contributed by atoms with Crippen LogP contribution in [-0.4, -0.2) is 31.3 Å². The number of amides is 2. The first-order valence-electron chi connectivity index (χ1n) is 11.8. The van der Waals surface area contributed by atoms with Crippen molar-refractivity contribution in [2.24, 2.45) is 17.8 Å². The van der Waals surface area contributed by atoms with Crippen LogP contribution in [0.5, 0.6) is 0 Å². The average Bonchev–Trinajstić information content (AvgIpc) is 3.09. The molecule has 6 nitrogen and oxygen atoms in total. The van der Waals surface area contributed by atoms with Crippen LogP contribution in [0.25, 0.3) is 0 Å². The second-order valence-electron chi connectivity index (χ2n) is 8.69. The summed E-state index contributed by atoms with van der Waals surface area (Å²) in [6.45, 7) is 4.86. The lowest BCUT2D eigenvalue weighted by atomic mass is 9.66. The summed E-state index contributed by atoms with van der Waals surface area (Å²) in [7, 11) is 0. The number of hydrogen-bond donors (Lipinski definition) is 0. The van der Waals surface area contributed by atoms with Crippen molar-refractivity contribution in [1.29, 1.82) is 0 Å². The summed E-state index contributed by atoms with van der Waals surface area (Å²) >= 11 is 0. The van der Waals surface area contributed by atoms with Crippen molar-refractivity contribution >= 4 is 17.5 Å². The van der Waals surface area contributed by atoms with E-state index in [1.807, 2.05) is 62.4 Å². The van der Waals surface area contributed by atoms with Crippen LogP contribution in [0.1, 0.15) is 38.2 Å². The predicted molar refractivity (Wildman–Crippen MR) is 123 cm³/mol. The molecule has 33 heavy (non-hydrogen) atoms. The number of nitrogens with zero attached hydrogens (tertiary/aromatic N) is 1. The number of ether oxygens (including phenoxy) is 3. The molecule has 2 heterocycles. The minimum Gasteiger partial charge on any atom is -0.495 e. The molecule has 5 rings (SSSR count). The number of benzene rings is 2. The normalized spacial score (nSPS) is 28.9. The van der Waals surface area contributed by atoms with Gasteiger partial charge in [0.1, 0.15) is 11.5 Å². The van der Waals surface area contributed by atoms with Crippen molar-refractivity contribution in [3.05, 3.63) is 77.7 Å². The van der Waals surface area contributed by atoms with E-state index in [9.17, 15) is 9.59 Å². The molecule has 3 aliphatic rings. The molecule has 2 saturated heterocycles. The van der Waals surface area contributed by atoms with Gasteiger partial charge in [0.05, 0.1) is 24.1 Å². The largest absolute Gasteiger partial charge is 0.495 e. The van der Waals surface area contributed by atoms with Gasteiger partial charge in [-0.25, -0.2) is 0 Å². The molecule has 6 heteroatoms. The number of carbonyl (C=O) groups is 2. The predicted octanol–water partition coefficient (Wildman–Crippen LogP) is 4.63. The highest BCUT2D eigenvalue weighted by molar-refractivity contribution is 6.22. The topological polar surface area (TPSA) is 65.1 Å². The Morgan fingerprint density at radius 2 is 1.58 bits per heavy atom. The molecule has 2 aromatic rings. The summed E-state index contributed by atoms with van der Waals surface area (Å²) in [5, 5.41) is 0. The second-order valence-corrected chi connectivity index (χ2v) is 8.69. The molecule has 0 spiro atoms. The molecule has 172 valence electrons. The Hall–Kier alpha value is -3.12. The van der Waals surface area contributed by atoms with E-state index >= 15 is 0 Å². The van der Waals surface area contributed by atoms with Crippen LogP contribution in [0.4, 0.5) is 5.69 Å². The van der Waals surface area contributed by atoms with Crippen molar-refractivity contribution in [3.63, 3.8) is 0 Å². The zero-order chi connectivity index (χ0) is 22.9. The smallest absolute Gasteiger partial charge is 0.238 e. The van der Waals surface area contributed by atoms with Crippen LogP contribution in [0.3, 0.4) is 0 Å². The van der Waals surface area contributed by atoms with Crippen molar-refractivity contribution < 1.29 is 23.8 Å². The van der Waals surface area contributed by atoms with Crippen LogP contribution in [0, 0.1) is 17.8 Å². The molecule has 0 bridgehead atoms. The Morgan fingerprint density at radius 1 is 0.879 bits per heavy atom.